The first-order valence-corrected chi connectivity index (χ1v) is 11.4. The molecule has 2 amide bonds. The van der Waals surface area contributed by atoms with Gasteiger partial charge in [-0.1, -0.05) is 36.6 Å². The second kappa shape index (κ2) is 9.96. The quantitative estimate of drug-likeness (QED) is 0.709. The molecule has 32 heavy (non-hydrogen) atoms. The van der Waals surface area contributed by atoms with Gasteiger partial charge in [0.25, 0.3) is 5.91 Å². The van der Waals surface area contributed by atoms with E-state index in [1.54, 1.807) is 29.2 Å². The van der Waals surface area contributed by atoms with E-state index in [0.29, 0.717) is 36.8 Å². The molecular weight excluding hydrogens is 436 g/mol. The van der Waals surface area contributed by atoms with E-state index in [9.17, 15) is 18.4 Å². The number of halogens is 3. The number of amides is 2. The van der Waals surface area contributed by atoms with Crippen molar-refractivity contribution in [2.45, 2.75) is 31.7 Å². The molecule has 1 saturated carbocycles. The molecule has 2 aliphatic rings. The maximum absolute atomic E-state index is 14.1. The molecule has 0 aromatic heterocycles. The number of nitrogens with one attached hydrogen (secondary N) is 1. The van der Waals surface area contributed by atoms with Gasteiger partial charge >= 0.3 is 0 Å². The lowest BCUT2D eigenvalue weighted by Gasteiger charge is -2.40. The predicted octanol–water partition coefficient (Wildman–Crippen LogP) is 4.57. The number of nitrogens with zero attached hydrogens (tertiary/aromatic N) is 2. The third-order valence-corrected chi connectivity index (χ3v) is 6.73. The zero-order valence-electron chi connectivity index (χ0n) is 17.7. The van der Waals surface area contributed by atoms with Crippen LogP contribution in [0, 0.1) is 17.6 Å². The van der Waals surface area contributed by atoms with E-state index >= 15 is 0 Å². The van der Waals surface area contributed by atoms with Gasteiger partial charge in [-0.25, -0.2) is 8.78 Å². The van der Waals surface area contributed by atoms with Crippen LogP contribution in [0.4, 0.5) is 14.5 Å². The van der Waals surface area contributed by atoms with Crippen molar-refractivity contribution in [2.75, 3.05) is 31.5 Å². The summed E-state index contributed by atoms with van der Waals surface area (Å²) in [4.78, 5) is 29.9. The Morgan fingerprint density at radius 2 is 1.69 bits per heavy atom. The Bertz CT molecular complexity index is 989. The maximum atomic E-state index is 14.1. The summed E-state index contributed by atoms with van der Waals surface area (Å²) in [5.41, 5.74) is 0.450. The Kier molecular flexibility index (Phi) is 7.06. The normalized spacial score (nSPS) is 18.5. The van der Waals surface area contributed by atoms with Gasteiger partial charge in [-0.2, -0.15) is 0 Å². The minimum Gasteiger partial charge on any atom is -0.336 e. The molecule has 0 bridgehead atoms. The van der Waals surface area contributed by atoms with Gasteiger partial charge in [-0.05, 0) is 43.0 Å². The highest BCUT2D eigenvalue weighted by Gasteiger charge is 2.37. The molecule has 1 aliphatic carbocycles. The maximum Gasteiger partial charge on any atom is 0.255 e. The average molecular weight is 462 g/mol. The zero-order chi connectivity index (χ0) is 22.7. The molecule has 2 aromatic carbocycles. The largest absolute Gasteiger partial charge is 0.336 e. The fourth-order valence-electron chi connectivity index (χ4n) is 4.76. The summed E-state index contributed by atoms with van der Waals surface area (Å²) in [6.45, 7) is 2.03. The zero-order valence-corrected chi connectivity index (χ0v) is 18.5. The molecule has 1 N–H and O–H groups in total. The fourth-order valence-corrected chi connectivity index (χ4v) is 4.97. The number of carbonyl (C=O) groups is 2. The first-order valence-electron chi connectivity index (χ1n) is 11.0. The van der Waals surface area contributed by atoms with Gasteiger partial charge in [0.1, 0.15) is 11.6 Å². The smallest absolute Gasteiger partial charge is 0.255 e. The van der Waals surface area contributed by atoms with Crippen molar-refractivity contribution >= 4 is 29.1 Å². The van der Waals surface area contributed by atoms with Gasteiger partial charge in [0.05, 0.1) is 22.3 Å². The van der Waals surface area contributed by atoms with E-state index in [1.165, 1.54) is 6.07 Å². The summed E-state index contributed by atoms with van der Waals surface area (Å²) < 4.78 is 27.3. The third kappa shape index (κ3) is 4.94. The number of hydrogen-bond donors (Lipinski definition) is 1. The van der Waals surface area contributed by atoms with Gasteiger partial charge in [0.2, 0.25) is 5.91 Å². The summed E-state index contributed by atoms with van der Waals surface area (Å²) in [6.07, 6.45) is 3.99. The van der Waals surface area contributed by atoms with E-state index in [-0.39, 0.29) is 23.4 Å². The summed E-state index contributed by atoms with van der Waals surface area (Å²) in [6, 6.07) is 9.69. The topological polar surface area (TPSA) is 52.7 Å². The molecule has 2 fully saturated rings. The van der Waals surface area contributed by atoms with Crippen molar-refractivity contribution in [1.29, 1.82) is 0 Å². The molecule has 0 radical (unpaired) electrons. The molecule has 1 saturated heterocycles. The van der Waals surface area contributed by atoms with Crippen LogP contribution in [0.3, 0.4) is 0 Å². The molecule has 1 aliphatic heterocycles. The van der Waals surface area contributed by atoms with Gasteiger partial charge in [0.15, 0.2) is 0 Å². The Morgan fingerprint density at radius 1 is 1.00 bits per heavy atom. The molecule has 1 unspecified atom stereocenters. The SMILES string of the molecule is O=C(Nc1ccc(F)cc1F)C(C1CCCC1)N1CCN(C(=O)c2ccccc2Cl)CC1. The van der Waals surface area contributed by atoms with E-state index in [2.05, 4.69) is 10.2 Å². The molecular formula is C24H26ClF2N3O2. The van der Waals surface area contributed by atoms with E-state index in [4.69, 9.17) is 11.6 Å². The number of carbonyl (C=O) groups excluding carboxylic acids is 2. The highest BCUT2D eigenvalue weighted by atomic mass is 35.5. The minimum absolute atomic E-state index is 0.0214. The van der Waals surface area contributed by atoms with Crippen LogP contribution in [-0.4, -0.2) is 53.8 Å². The first kappa shape index (κ1) is 22.7. The van der Waals surface area contributed by atoms with Crippen LogP contribution in [0.2, 0.25) is 5.02 Å². The van der Waals surface area contributed by atoms with Crippen LogP contribution in [0.15, 0.2) is 42.5 Å². The minimum atomic E-state index is -0.793. The van der Waals surface area contributed by atoms with Gasteiger partial charge < -0.3 is 10.2 Å². The van der Waals surface area contributed by atoms with Crippen LogP contribution in [0.25, 0.3) is 0 Å². The van der Waals surface area contributed by atoms with Crippen molar-refractivity contribution in [3.8, 4) is 0 Å². The molecule has 8 heteroatoms. The fraction of sp³-hybridized carbons (Fsp3) is 0.417. The first-order chi connectivity index (χ1) is 15.4. The van der Waals surface area contributed by atoms with Crippen LogP contribution in [0.1, 0.15) is 36.0 Å². The second-order valence-electron chi connectivity index (χ2n) is 8.41. The van der Waals surface area contributed by atoms with Gasteiger partial charge in [0, 0.05) is 32.2 Å². The lowest BCUT2D eigenvalue weighted by Crippen LogP contribution is -2.57. The highest BCUT2D eigenvalue weighted by Crippen LogP contribution is 2.32. The van der Waals surface area contributed by atoms with Crippen LogP contribution in [-0.2, 0) is 4.79 Å². The Balaban J connectivity index is 1.45. The van der Waals surface area contributed by atoms with Crippen molar-refractivity contribution in [1.82, 2.24) is 9.80 Å². The van der Waals surface area contributed by atoms with Gasteiger partial charge in [-0.3, -0.25) is 14.5 Å². The lowest BCUT2D eigenvalue weighted by atomic mass is 9.94. The number of hydrogen-bond acceptors (Lipinski definition) is 3. The number of rotatable bonds is 5. The molecule has 4 rings (SSSR count). The lowest BCUT2D eigenvalue weighted by molar-refractivity contribution is -0.124. The average Bonchev–Trinajstić information content (AvgIpc) is 3.30. The Hall–Kier alpha value is -2.51. The number of benzene rings is 2. The van der Waals surface area contributed by atoms with Crippen molar-refractivity contribution in [2.24, 2.45) is 5.92 Å². The van der Waals surface area contributed by atoms with Crippen LogP contribution < -0.4 is 5.32 Å². The highest BCUT2D eigenvalue weighted by molar-refractivity contribution is 6.33. The van der Waals surface area contributed by atoms with E-state index < -0.39 is 17.7 Å². The van der Waals surface area contributed by atoms with Crippen LogP contribution >= 0.6 is 11.6 Å². The molecule has 1 atom stereocenters. The van der Waals surface area contributed by atoms with E-state index in [1.807, 2.05) is 0 Å². The van der Waals surface area contributed by atoms with Crippen LogP contribution in [0.5, 0.6) is 0 Å². The molecule has 1 heterocycles. The predicted molar refractivity (Wildman–Crippen MR) is 120 cm³/mol. The number of piperazine rings is 1. The van der Waals surface area contributed by atoms with Crippen molar-refractivity contribution in [3.63, 3.8) is 0 Å². The summed E-state index contributed by atoms with van der Waals surface area (Å²) in [5.74, 6) is -1.71. The summed E-state index contributed by atoms with van der Waals surface area (Å²) >= 11 is 6.18. The second-order valence-corrected chi connectivity index (χ2v) is 8.82. The molecule has 0 spiro atoms. The molecule has 5 nitrogen and oxygen atoms in total. The van der Waals surface area contributed by atoms with Gasteiger partial charge in [-0.15, -0.1) is 0 Å². The molecule has 2 aromatic rings. The molecule has 170 valence electrons. The third-order valence-electron chi connectivity index (χ3n) is 6.40. The Morgan fingerprint density at radius 3 is 2.34 bits per heavy atom. The monoisotopic (exact) mass is 461 g/mol. The summed E-state index contributed by atoms with van der Waals surface area (Å²) in [5, 5.41) is 3.08. The van der Waals surface area contributed by atoms with Crippen molar-refractivity contribution in [3.05, 3.63) is 64.7 Å². The van der Waals surface area contributed by atoms with E-state index in [0.717, 1.165) is 37.8 Å². The van der Waals surface area contributed by atoms with Crippen molar-refractivity contribution < 1.29 is 18.4 Å². The Labute approximate surface area is 191 Å². The summed E-state index contributed by atoms with van der Waals surface area (Å²) in [7, 11) is 0. The standard InChI is InChI=1S/C24H26ClF2N3O2/c25-19-8-4-3-7-18(19)24(32)30-13-11-29(12-14-30)22(16-5-1-2-6-16)23(31)28-21-10-9-17(26)15-20(21)27/h3-4,7-10,15-16,22H,1-2,5-6,11-14H2,(H,28,31). The number of anilines is 1.